The van der Waals surface area contributed by atoms with Crippen LogP contribution in [-0.2, 0) is 20.8 Å². The summed E-state index contributed by atoms with van der Waals surface area (Å²) in [4.78, 5) is 38.9. The van der Waals surface area contributed by atoms with Crippen molar-refractivity contribution in [3.63, 3.8) is 0 Å². The predicted molar refractivity (Wildman–Crippen MR) is 103 cm³/mol. The van der Waals surface area contributed by atoms with E-state index < -0.39 is 34.1 Å². The second kappa shape index (κ2) is 8.03. The molecule has 8 heteroatoms. The predicted octanol–water partition coefficient (Wildman–Crippen LogP) is -0.125. The zero-order valence-corrected chi connectivity index (χ0v) is 16.1. The standard InChI is InChI=1S/C19H23N3O4S/c1-4-10-21-15(23)14-18(2,3)27-12-22(14)17(25)19(26,16(20)24)11-13-8-6-5-7-9-13/h1,5-9,14,26H,10-12H2,2-3H3,(H2,20,24)(H,21,23). The number of benzene rings is 1. The Morgan fingerprint density at radius 2 is 2.04 bits per heavy atom. The van der Waals surface area contributed by atoms with E-state index >= 15 is 0 Å². The Labute approximate surface area is 162 Å². The first-order chi connectivity index (χ1) is 12.6. The number of nitrogens with zero attached hydrogens (tertiary/aromatic N) is 1. The van der Waals surface area contributed by atoms with E-state index in [1.807, 2.05) is 13.8 Å². The molecule has 2 rings (SSSR count). The molecule has 0 spiro atoms. The molecule has 2 unspecified atom stereocenters. The van der Waals surface area contributed by atoms with Crippen LogP contribution in [0.25, 0.3) is 0 Å². The highest BCUT2D eigenvalue weighted by Crippen LogP contribution is 2.40. The van der Waals surface area contributed by atoms with Gasteiger partial charge in [-0.3, -0.25) is 14.4 Å². The third kappa shape index (κ3) is 4.26. The number of terminal acetylenes is 1. The third-order valence-corrected chi connectivity index (χ3v) is 5.86. The van der Waals surface area contributed by atoms with Crippen LogP contribution in [0.2, 0.25) is 0 Å². The quantitative estimate of drug-likeness (QED) is 0.464. The summed E-state index contributed by atoms with van der Waals surface area (Å²) in [5.41, 5.74) is 3.51. The lowest BCUT2D eigenvalue weighted by atomic mass is 9.90. The van der Waals surface area contributed by atoms with Crippen molar-refractivity contribution in [2.24, 2.45) is 5.73 Å². The molecule has 1 aromatic rings. The SMILES string of the molecule is C#CCNC(=O)C1N(C(=O)C(O)(Cc2ccccc2)C(N)=O)CSC1(C)C. The van der Waals surface area contributed by atoms with Crippen LogP contribution in [0.3, 0.4) is 0 Å². The van der Waals surface area contributed by atoms with Crippen molar-refractivity contribution in [2.75, 3.05) is 12.4 Å². The van der Waals surface area contributed by atoms with Crippen LogP contribution < -0.4 is 11.1 Å². The van der Waals surface area contributed by atoms with E-state index in [2.05, 4.69) is 11.2 Å². The number of carbonyl (C=O) groups excluding carboxylic acids is 3. The molecule has 0 bridgehead atoms. The first-order valence-corrected chi connectivity index (χ1v) is 9.34. The van der Waals surface area contributed by atoms with Gasteiger partial charge in [-0.1, -0.05) is 36.3 Å². The number of hydrogen-bond acceptors (Lipinski definition) is 5. The maximum absolute atomic E-state index is 13.1. The van der Waals surface area contributed by atoms with Crippen LogP contribution in [0.4, 0.5) is 0 Å². The van der Waals surface area contributed by atoms with E-state index in [0.717, 1.165) is 0 Å². The van der Waals surface area contributed by atoms with Gasteiger partial charge in [-0.15, -0.1) is 18.2 Å². The molecule has 0 aliphatic carbocycles. The number of primary amides is 1. The minimum absolute atomic E-state index is 0.0161. The Kier molecular flexibility index (Phi) is 6.19. The lowest BCUT2D eigenvalue weighted by Gasteiger charge is -2.34. The first kappa shape index (κ1) is 20.8. The van der Waals surface area contributed by atoms with Gasteiger partial charge >= 0.3 is 0 Å². The Morgan fingerprint density at radius 3 is 2.59 bits per heavy atom. The molecular formula is C19H23N3O4S. The molecule has 0 aromatic heterocycles. The van der Waals surface area contributed by atoms with Gasteiger partial charge in [-0.05, 0) is 19.4 Å². The summed E-state index contributed by atoms with van der Waals surface area (Å²) in [7, 11) is 0. The van der Waals surface area contributed by atoms with Crippen LogP contribution in [0.15, 0.2) is 30.3 Å². The van der Waals surface area contributed by atoms with E-state index in [1.54, 1.807) is 30.3 Å². The Morgan fingerprint density at radius 1 is 1.41 bits per heavy atom. The average Bonchev–Trinajstić information content (AvgIpc) is 2.94. The number of hydrogen-bond donors (Lipinski definition) is 3. The van der Waals surface area contributed by atoms with E-state index in [4.69, 9.17) is 12.2 Å². The minimum atomic E-state index is -2.45. The summed E-state index contributed by atoms with van der Waals surface area (Å²) in [6.07, 6.45) is 4.91. The molecule has 27 heavy (non-hydrogen) atoms. The summed E-state index contributed by atoms with van der Waals surface area (Å²) >= 11 is 1.37. The van der Waals surface area contributed by atoms with E-state index in [-0.39, 0.29) is 18.8 Å². The monoisotopic (exact) mass is 389 g/mol. The van der Waals surface area contributed by atoms with Gasteiger partial charge in [-0.2, -0.15) is 0 Å². The number of amides is 3. The number of aliphatic hydroxyl groups is 1. The van der Waals surface area contributed by atoms with Gasteiger partial charge in [0, 0.05) is 11.2 Å². The Balaban J connectivity index is 2.34. The number of carbonyl (C=O) groups is 3. The molecule has 1 aromatic carbocycles. The van der Waals surface area contributed by atoms with Gasteiger partial charge in [0.05, 0.1) is 12.4 Å². The Hall–Kier alpha value is -2.50. The van der Waals surface area contributed by atoms with Crippen LogP contribution in [-0.4, -0.2) is 56.5 Å². The fraction of sp³-hybridized carbons (Fsp3) is 0.421. The van der Waals surface area contributed by atoms with Crippen LogP contribution in [0.5, 0.6) is 0 Å². The normalized spacial score (nSPS) is 20.4. The van der Waals surface area contributed by atoms with Gasteiger partial charge in [0.25, 0.3) is 11.8 Å². The van der Waals surface area contributed by atoms with Crippen LogP contribution >= 0.6 is 11.8 Å². The molecule has 1 aliphatic rings. The highest BCUT2D eigenvalue weighted by Gasteiger charge is 2.54. The van der Waals surface area contributed by atoms with Gasteiger partial charge in [0.2, 0.25) is 11.5 Å². The number of rotatable bonds is 6. The van der Waals surface area contributed by atoms with Crippen LogP contribution in [0.1, 0.15) is 19.4 Å². The van der Waals surface area contributed by atoms with Gasteiger partial charge in [0.1, 0.15) is 6.04 Å². The lowest BCUT2D eigenvalue weighted by Crippen LogP contribution is -2.62. The highest BCUT2D eigenvalue weighted by molar-refractivity contribution is 8.00. The molecule has 1 fully saturated rings. The molecule has 7 nitrogen and oxygen atoms in total. The largest absolute Gasteiger partial charge is 0.371 e. The van der Waals surface area contributed by atoms with Crippen molar-refractivity contribution in [1.82, 2.24) is 10.2 Å². The van der Waals surface area contributed by atoms with Gasteiger partial charge in [-0.25, -0.2) is 0 Å². The van der Waals surface area contributed by atoms with Gasteiger partial charge in [0.15, 0.2) is 0 Å². The summed E-state index contributed by atoms with van der Waals surface area (Å²) in [6.45, 7) is 3.64. The average molecular weight is 389 g/mol. The van der Waals surface area contributed by atoms with Crippen LogP contribution in [0, 0.1) is 12.3 Å². The number of thioether (sulfide) groups is 1. The molecule has 1 heterocycles. The molecule has 2 atom stereocenters. The molecule has 0 saturated carbocycles. The molecule has 1 aliphatic heterocycles. The molecular weight excluding hydrogens is 366 g/mol. The first-order valence-electron chi connectivity index (χ1n) is 8.36. The second-order valence-corrected chi connectivity index (χ2v) is 8.46. The molecule has 1 saturated heterocycles. The maximum Gasteiger partial charge on any atom is 0.266 e. The van der Waals surface area contributed by atoms with Crippen molar-refractivity contribution in [1.29, 1.82) is 0 Å². The topological polar surface area (TPSA) is 113 Å². The number of nitrogens with one attached hydrogen (secondary N) is 1. The van der Waals surface area contributed by atoms with Crippen molar-refractivity contribution >= 4 is 29.5 Å². The van der Waals surface area contributed by atoms with E-state index in [9.17, 15) is 19.5 Å². The summed E-state index contributed by atoms with van der Waals surface area (Å²) in [5, 5.41) is 13.4. The molecule has 144 valence electrons. The zero-order valence-electron chi connectivity index (χ0n) is 15.3. The second-order valence-electron chi connectivity index (χ2n) is 6.86. The summed E-state index contributed by atoms with van der Waals surface area (Å²) < 4.78 is -0.625. The number of nitrogens with two attached hydrogens (primary N) is 1. The van der Waals surface area contributed by atoms with Crippen molar-refractivity contribution < 1.29 is 19.5 Å². The van der Waals surface area contributed by atoms with E-state index in [0.29, 0.717) is 5.56 Å². The maximum atomic E-state index is 13.1. The summed E-state index contributed by atoms with van der Waals surface area (Å²) in [5.74, 6) is -0.0391. The third-order valence-electron chi connectivity index (χ3n) is 4.48. The van der Waals surface area contributed by atoms with Gasteiger partial charge < -0.3 is 21.1 Å². The highest BCUT2D eigenvalue weighted by atomic mass is 32.2. The van der Waals surface area contributed by atoms with E-state index in [1.165, 1.54) is 16.7 Å². The Bertz CT molecular complexity index is 775. The molecule has 0 radical (unpaired) electrons. The van der Waals surface area contributed by atoms with Crippen molar-refractivity contribution in [3.8, 4) is 12.3 Å². The van der Waals surface area contributed by atoms with Crippen molar-refractivity contribution in [2.45, 2.75) is 36.7 Å². The fourth-order valence-corrected chi connectivity index (χ4v) is 4.16. The lowest BCUT2D eigenvalue weighted by molar-refractivity contribution is -0.162. The molecule has 3 amide bonds. The van der Waals surface area contributed by atoms with Crippen molar-refractivity contribution in [3.05, 3.63) is 35.9 Å². The minimum Gasteiger partial charge on any atom is -0.371 e. The fourth-order valence-electron chi connectivity index (χ4n) is 3.03. The smallest absolute Gasteiger partial charge is 0.266 e. The molecule has 4 N–H and O–H groups in total. The summed E-state index contributed by atoms with van der Waals surface area (Å²) in [6, 6.07) is 7.70. The zero-order chi connectivity index (χ0) is 20.2.